The molecule has 0 unspecified atom stereocenters. The van der Waals surface area contributed by atoms with E-state index in [4.69, 9.17) is 4.74 Å². The molecule has 38 heavy (non-hydrogen) atoms. The molecule has 6 rings (SSSR count). The fraction of sp³-hybridized carbons (Fsp3) is 0.280. The van der Waals surface area contributed by atoms with Gasteiger partial charge in [-0.15, -0.1) is 11.8 Å². The van der Waals surface area contributed by atoms with Crippen LogP contribution in [0.5, 0.6) is 5.75 Å². The smallest absolute Gasteiger partial charge is 0.416 e. The van der Waals surface area contributed by atoms with Crippen molar-refractivity contribution in [2.45, 2.75) is 35.1 Å². The Balaban J connectivity index is 1.62. The van der Waals surface area contributed by atoms with Gasteiger partial charge in [-0.25, -0.2) is 8.78 Å². The van der Waals surface area contributed by atoms with E-state index < -0.39 is 72.1 Å². The SMILES string of the molecule is O=C1c2c(O)c(=O)ccn2N([C@@H]2c3ccccc3SCc3c2ccc(F)c3F)[C@@H]2CO[C@H](C(F)(F)F)CN12. The number of aromatic hydroxyl groups is 1. The third-order valence-corrected chi connectivity index (χ3v) is 8.10. The summed E-state index contributed by atoms with van der Waals surface area (Å²) in [7, 11) is 0. The van der Waals surface area contributed by atoms with Gasteiger partial charge in [0.25, 0.3) is 5.91 Å². The van der Waals surface area contributed by atoms with Gasteiger partial charge in [0.05, 0.1) is 19.2 Å². The van der Waals surface area contributed by atoms with Crippen LogP contribution >= 0.6 is 11.8 Å². The maximum absolute atomic E-state index is 15.1. The number of hydrogen-bond donors (Lipinski definition) is 1. The Morgan fingerprint density at radius 3 is 2.55 bits per heavy atom. The normalized spacial score (nSPS) is 22.8. The average molecular weight is 551 g/mol. The number of amides is 1. The number of aromatic nitrogens is 1. The van der Waals surface area contributed by atoms with Crippen LogP contribution in [0, 0.1) is 11.6 Å². The van der Waals surface area contributed by atoms with Gasteiger partial charge in [-0.3, -0.25) is 19.3 Å². The van der Waals surface area contributed by atoms with Crippen molar-refractivity contribution >= 4 is 17.7 Å². The molecule has 3 aliphatic heterocycles. The summed E-state index contributed by atoms with van der Waals surface area (Å²) >= 11 is 1.26. The molecule has 0 radical (unpaired) electrons. The number of carbonyl (C=O) groups excluding carboxylic acids is 1. The zero-order valence-corrected chi connectivity index (χ0v) is 20.1. The molecule has 0 spiro atoms. The van der Waals surface area contributed by atoms with Crippen LogP contribution in [0.1, 0.15) is 33.2 Å². The molecule has 13 heteroatoms. The number of morpholine rings is 1. The molecule has 1 saturated heterocycles. The highest BCUT2D eigenvalue weighted by Gasteiger charge is 2.52. The van der Waals surface area contributed by atoms with E-state index in [1.54, 1.807) is 24.3 Å². The summed E-state index contributed by atoms with van der Waals surface area (Å²) in [5.74, 6) is -3.96. The molecule has 7 nitrogen and oxygen atoms in total. The summed E-state index contributed by atoms with van der Waals surface area (Å²) in [5, 5.41) is 12.1. The van der Waals surface area contributed by atoms with Gasteiger partial charge in [0, 0.05) is 28.5 Å². The molecule has 1 fully saturated rings. The molecule has 3 atom stereocenters. The standard InChI is InChI=1S/C25H18F5N3O4S/c26-15-6-5-12-14(20(15)27)11-38-17-4-2-1-3-13(17)21(12)33-19-10-37-18(25(28,29)30)9-31(19)24(36)22-23(35)16(34)7-8-32(22)33/h1-8,18-19,21,35H,9-11H2/t18-,19+,21-/m0/s1. The number of benzene rings is 2. The fourth-order valence-corrected chi connectivity index (χ4v) is 6.33. The second-order valence-corrected chi connectivity index (χ2v) is 10.1. The first-order valence-electron chi connectivity index (χ1n) is 11.5. The number of rotatable bonds is 1. The van der Waals surface area contributed by atoms with Crippen molar-refractivity contribution in [3.05, 3.63) is 92.9 Å². The highest BCUT2D eigenvalue weighted by molar-refractivity contribution is 7.98. The monoisotopic (exact) mass is 551 g/mol. The van der Waals surface area contributed by atoms with Gasteiger partial charge in [-0.1, -0.05) is 24.3 Å². The van der Waals surface area contributed by atoms with Crippen molar-refractivity contribution in [1.29, 1.82) is 0 Å². The molecule has 2 aromatic carbocycles. The predicted molar refractivity (Wildman–Crippen MR) is 125 cm³/mol. The predicted octanol–water partition coefficient (Wildman–Crippen LogP) is 3.91. The third kappa shape index (κ3) is 3.67. The Morgan fingerprint density at radius 1 is 1.03 bits per heavy atom. The molecule has 3 aromatic rings. The van der Waals surface area contributed by atoms with Crippen LogP contribution in [0.3, 0.4) is 0 Å². The molecule has 1 aromatic heterocycles. The van der Waals surface area contributed by atoms with Crippen LogP contribution in [0.15, 0.2) is 58.4 Å². The second-order valence-electron chi connectivity index (χ2n) is 9.06. The molecule has 0 saturated carbocycles. The van der Waals surface area contributed by atoms with Crippen LogP contribution in [0.25, 0.3) is 0 Å². The summed E-state index contributed by atoms with van der Waals surface area (Å²) in [5.41, 5.74) is -0.447. The maximum atomic E-state index is 15.1. The number of nitrogens with zero attached hydrogens (tertiary/aromatic N) is 3. The van der Waals surface area contributed by atoms with E-state index in [2.05, 4.69) is 0 Å². The number of thioether (sulfide) groups is 1. The number of ether oxygens (including phenoxy) is 1. The van der Waals surface area contributed by atoms with Gasteiger partial charge in [0.15, 0.2) is 29.2 Å². The van der Waals surface area contributed by atoms with Crippen molar-refractivity contribution in [3.63, 3.8) is 0 Å². The molecule has 198 valence electrons. The molecule has 1 N–H and O–H groups in total. The molecule has 4 heterocycles. The van der Waals surface area contributed by atoms with Crippen LogP contribution in [0.2, 0.25) is 0 Å². The van der Waals surface area contributed by atoms with Gasteiger partial charge < -0.3 is 14.7 Å². The summed E-state index contributed by atoms with van der Waals surface area (Å²) < 4.78 is 76.5. The average Bonchev–Trinajstić information content (AvgIpc) is 3.05. The number of halogens is 5. The van der Waals surface area contributed by atoms with Gasteiger partial charge in [0.2, 0.25) is 5.43 Å². The van der Waals surface area contributed by atoms with Crippen molar-refractivity contribution in [1.82, 2.24) is 9.58 Å². The van der Waals surface area contributed by atoms with Crippen LogP contribution in [-0.4, -0.2) is 52.2 Å². The minimum absolute atomic E-state index is 0.0522. The summed E-state index contributed by atoms with van der Waals surface area (Å²) in [4.78, 5) is 27.3. The van der Waals surface area contributed by atoms with Crippen molar-refractivity contribution < 1.29 is 36.6 Å². The first-order valence-corrected chi connectivity index (χ1v) is 12.5. The van der Waals surface area contributed by atoms with Gasteiger partial charge in [-0.05, 0) is 23.3 Å². The first-order chi connectivity index (χ1) is 18.1. The number of hydrogen-bond acceptors (Lipinski definition) is 6. The van der Waals surface area contributed by atoms with E-state index in [0.717, 1.165) is 17.0 Å². The number of fused-ring (bicyclic) bond motifs is 4. The van der Waals surface area contributed by atoms with E-state index in [1.165, 1.54) is 33.7 Å². The Kier molecular flexibility index (Phi) is 5.69. The zero-order chi connectivity index (χ0) is 26.9. The van der Waals surface area contributed by atoms with Gasteiger partial charge in [-0.2, -0.15) is 13.2 Å². The Morgan fingerprint density at radius 2 is 1.79 bits per heavy atom. The maximum Gasteiger partial charge on any atom is 0.416 e. The summed E-state index contributed by atoms with van der Waals surface area (Å²) in [6.07, 6.45) is -6.98. The highest BCUT2D eigenvalue weighted by atomic mass is 32.2. The lowest BCUT2D eigenvalue weighted by atomic mass is 9.93. The quantitative estimate of drug-likeness (QED) is 0.463. The molecular weight excluding hydrogens is 533 g/mol. The molecule has 3 aliphatic rings. The van der Waals surface area contributed by atoms with Crippen LogP contribution < -0.4 is 10.4 Å². The van der Waals surface area contributed by atoms with E-state index >= 15 is 4.39 Å². The topological polar surface area (TPSA) is 75.0 Å². The Hall–Kier alpha value is -3.58. The number of pyridine rings is 1. The Bertz CT molecular complexity index is 1530. The third-order valence-electron chi connectivity index (χ3n) is 6.98. The van der Waals surface area contributed by atoms with Crippen molar-refractivity contribution in [2.75, 3.05) is 18.2 Å². The van der Waals surface area contributed by atoms with Crippen molar-refractivity contribution in [3.8, 4) is 5.75 Å². The molecule has 0 aliphatic carbocycles. The van der Waals surface area contributed by atoms with Crippen LogP contribution in [-0.2, 0) is 10.5 Å². The lowest BCUT2D eigenvalue weighted by Gasteiger charge is -2.52. The second kappa shape index (κ2) is 8.73. The lowest BCUT2D eigenvalue weighted by molar-refractivity contribution is -0.241. The highest BCUT2D eigenvalue weighted by Crippen LogP contribution is 2.45. The summed E-state index contributed by atoms with van der Waals surface area (Å²) in [6.45, 7) is -1.47. The van der Waals surface area contributed by atoms with Gasteiger partial charge >= 0.3 is 6.18 Å². The van der Waals surface area contributed by atoms with E-state index in [0.29, 0.717) is 16.0 Å². The van der Waals surface area contributed by atoms with Crippen LogP contribution in [0.4, 0.5) is 22.0 Å². The van der Waals surface area contributed by atoms with Crippen molar-refractivity contribution in [2.24, 2.45) is 0 Å². The van der Waals surface area contributed by atoms with E-state index in [1.807, 2.05) is 0 Å². The Labute approximate surface area is 216 Å². The lowest BCUT2D eigenvalue weighted by Crippen LogP contribution is -2.68. The molecule has 1 amide bonds. The molecular formula is C25H18F5N3O4S. The van der Waals surface area contributed by atoms with Gasteiger partial charge in [0.1, 0.15) is 6.17 Å². The fourth-order valence-electron chi connectivity index (χ4n) is 5.22. The van der Waals surface area contributed by atoms with E-state index in [-0.39, 0.29) is 11.3 Å². The molecule has 0 bridgehead atoms. The minimum atomic E-state index is -4.77. The largest absolute Gasteiger partial charge is 0.502 e. The zero-order valence-electron chi connectivity index (χ0n) is 19.3. The number of carbonyl (C=O) groups is 1. The summed E-state index contributed by atoms with van der Waals surface area (Å²) in [6, 6.07) is 9.43. The van der Waals surface area contributed by atoms with E-state index in [9.17, 15) is 32.3 Å². The first kappa shape index (κ1) is 24.7. The minimum Gasteiger partial charge on any atom is -0.502 e. The number of alkyl halides is 3.